The molecule has 0 aromatic carbocycles. The van der Waals surface area contributed by atoms with Gasteiger partial charge in [0.2, 0.25) is 0 Å². The number of pyridine rings is 2. The number of carbonyl (C=O) groups excluding carboxylic acids is 1. The maximum absolute atomic E-state index is 14.7. The molecule has 1 saturated carbocycles. The van der Waals surface area contributed by atoms with Crippen LogP contribution in [0.25, 0.3) is 0 Å². The SMILES string of the molecule is NC(=O)c1cc(F)c(N[C@@H]2CCCC[C@@H]2N)nc1Nc1c[nH]c(=O)c(N2CCOCC2)c1. The predicted octanol–water partition coefficient (Wildman–Crippen LogP) is 1.27. The van der Waals surface area contributed by atoms with Gasteiger partial charge in [0.25, 0.3) is 11.5 Å². The second-order valence-electron chi connectivity index (χ2n) is 8.11. The molecule has 2 aromatic heterocycles. The molecule has 0 spiro atoms. The van der Waals surface area contributed by atoms with Gasteiger partial charge in [0.05, 0.1) is 24.5 Å². The number of H-pyrrole nitrogens is 1. The number of hydrogen-bond acceptors (Lipinski definition) is 8. The monoisotopic (exact) mass is 445 g/mol. The molecule has 1 saturated heterocycles. The number of morpholine rings is 1. The highest BCUT2D eigenvalue weighted by Gasteiger charge is 2.25. The summed E-state index contributed by atoms with van der Waals surface area (Å²) in [6.07, 6.45) is 5.17. The molecule has 11 heteroatoms. The number of anilines is 4. The van der Waals surface area contributed by atoms with Crippen molar-refractivity contribution in [2.75, 3.05) is 41.8 Å². The van der Waals surface area contributed by atoms with Crippen molar-refractivity contribution in [2.45, 2.75) is 37.8 Å². The summed E-state index contributed by atoms with van der Waals surface area (Å²) in [5, 5.41) is 6.08. The molecule has 0 bridgehead atoms. The van der Waals surface area contributed by atoms with E-state index < -0.39 is 11.7 Å². The van der Waals surface area contributed by atoms with E-state index in [9.17, 15) is 14.0 Å². The largest absolute Gasteiger partial charge is 0.378 e. The third-order valence-corrected chi connectivity index (χ3v) is 5.88. The van der Waals surface area contributed by atoms with Crippen LogP contribution in [-0.2, 0) is 4.74 Å². The molecule has 1 aliphatic heterocycles. The molecular weight excluding hydrogens is 417 g/mol. The van der Waals surface area contributed by atoms with Gasteiger partial charge in [0, 0.05) is 31.4 Å². The van der Waals surface area contributed by atoms with E-state index in [0.717, 1.165) is 31.7 Å². The van der Waals surface area contributed by atoms with Gasteiger partial charge in [-0.15, -0.1) is 0 Å². The Bertz CT molecular complexity index is 1040. The van der Waals surface area contributed by atoms with Gasteiger partial charge >= 0.3 is 0 Å². The van der Waals surface area contributed by atoms with Crippen molar-refractivity contribution in [1.82, 2.24) is 9.97 Å². The number of carbonyl (C=O) groups is 1. The van der Waals surface area contributed by atoms with E-state index in [1.807, 2.05) is 4.90 Å². The zero-order valence-corrected chi connectivity index (χ0v) is 17.7. The van der Waals surface area contributed by atoms with E-state index in [1.165, 1.54) is 6.20 Å². The Labute approximate surface area is 184 Å². The Morgan fingerprint density at radius 1 is 1.22 bits per heavy atom. The number of hydrogen-bond donors (Lipinski definition) is 5. The third kappa shape index (κ3) is 4.83. The highest BCUT2D eigenvalue weighted by molar-refractivity contribution is 5.98. The molecule has 10 nitrogen and oxygen atoms in total. The summed E-state index contributed by atoms with van der Waals surface area (Å²) in [6.45, 7) is 2.23. The van der Waals surface area contributed by atoms with Crippen molar-refractivity contribution in [3.05, 3.63) is 40.1 Å². The van der Waals surface area contributed by atoms with E-state index in [2.05, 4.69) is 20.6 Å². The Hall–Kier alpha value is -3.18. The van der Waals surface area contributed by atoms with Gasteiger partial charge in [-0.25, -0.2) is 9.37 Å². The Balaban J connectivity index is 1.63. The fourth-order valence-electron chi connectivity index (χ4n) is 4.11. The Morgan fingerprint density at radius 2 is 1.97 bits per heavy atom. The average Bonchev–Trinajstić information content (AvgIpc) is 2.79. The number of nitrogens with two attached hydrogens (primary N) is 2. The number of rotatable bonds is 6. The standard InChI is InChI=1S/C21H28FN7O3/c22-14-10-13(18(24)30)19(28-20(14)27-16-4-2-1-3-15(16)23)26-12-9-17(21(31)25-11-12)29-5-7-32-8-6-29/h9-11,15-16H,1-8,23H2,(H2,24,30)(H,25,31)(H2,26,27,28)/t15-,16+/m0/s1. The number of nitrogens with one attached hydrogen (secondary N) is 3. The zero-order valence-electron chi connectivity index (χ0n) is 17.7. The quantitative estimate of drug-likeness (QED) is 0.446. The Morgan fingerprint density at radius 3 is 2.69 bits per heavy atom. The third-order valence-electron chi connectivity index (χ3n) is 5.88. The summed E-state index contributed by atoms with van der Waals surface area (Å²) in [5.41, 5.74) is 12.2. The first-order chi connectivity index (χ1) is 15.4. The molecule has 2 fully saturated rings. The van der Waals surface area contributed by atoms with Gasteiger partial charge < -0.3 is 36.7 Å². The van der Waals surface area contributed by atoms with Crippen molar-refractivity contribution in [3.8, 4) is 0 Å². The molecule has 4 rings (SSSR count). The molecule has 0 unspecified atom stereocenters. The van der Waals surface area contributed by atoms with Crippen LogP contribution >= 0.6 is 0 Å². The fourth-order valence-corrected chi connectivity index (χ4v) is 4.11. The van der Waals surface area contributed by atoms with Gasteiger partial charge in [-0.1, -0.05) is 12.8 Å². The summed E-state index contributed by atoms with van der Waals surface area (Å²) in [4.78, 5) is 33.2. The summed E-state index contributed by atoms with van der Waals surface area (Å²) in [6, 6.07) is 2.50. The van der Waals surface area contributed by atoms with Crippen molar-refractivity contribution in [2.24, 2.45) is 11.5 Å². The molecule has 2 aromatic rings. The lowest BCUT2D eigenvalue weighted by atomic mass is 9.91. The molecular formula is C21H28FN7O3. The van der Waals surface area contributed by atoms with Crippen LogP contribution in [0.15, 0.2) is 23.1 Å². The minimum absolute atomic E-state index is 0.00215. The first kappa shape index (κ1) is 22.0. The van der Waals surface area contributed by atoms with Crippen LogP contribution in [0, 0.1) is 5.82 Å². The summed E-state index contributed by atoms with van der Waals surface area (Å²) < 4.78 is 20.0. The van der Waals surface area contributed by atoms with E-state index >= 15 is 0 Å². The molecule has 2 atom stereocenters. The second-order valence-corrected chi connectivity index (χ2v) is 8.11. The van der Waals surface area contributed by atoms with Crippen molar-refractivity contribution in [1.29, 1.82) is 0 Å². The second kappa shape index (κ2) is 9.53. The van der Waals surface area contributed by atoms with Crippen LogP contribution in [0.4, 0.5) is 27.4 Å². The zero-order chi connectivity index (χ0) is 22.7. The van der Waals surface area contributed by atoms with Gasteiger partial charge in [0.1, 0.15) is 11.5 Å². The molecule has 0 radical (unpaired) electrons. The molecule has 172 valence electrons. The first-order valence-corrected chi connectivity index (χ1v) is 10.8. The maximum atomic E-state index is 14.7. The van der Waals surface area contributed by atoms with Crippen LogP contribution in [0.5, 0.6) is 0 Å². The fraction of sp³-hybridized carbons (Fsp3) is 0.476. The number of aromatic nitrogens is 2. The number of amides is 1. The minimum atomic E-state index is -0.822. The molecule has 2 aliphatic rings. The van der Waals surface area contributed by atoms with Gasteiger partial charge in [0.15, 0.2) is 11.6 Å². The molecule has 1 aliphatic carbocycles. The van der Waals surface area contributed by atoms with Crippen molar-refractivity contribution < 1.29 is 13.9 Å². The highest BCUT2D eigenvalue weighted by atomic mass is 19.1. The average molecular weight is 445 g/mol. The van der Waals surface area contributed by atoms with E-state index in [0.29, 0.717) is 37.7 Å². The van der Waals surface area contributed by atoms with Crippen molar-refractivity contribution in [3.63, 3.8) is 0 Å². The molecule has 3 heterocycles. The predicted molar refractivity (Wildman–Crippen MR) is 120 cm³/mol. The lowest BCUT2D eigenvalue weighted by molar-refractivity contribution is 0.100. The van der Waals surface area contributed by atoms with Crippen LogP contribution < -0.4 is 32.6 Å². The summed E-state index contributed by atoms with van der Waals surface area (Å²) >= 11 is 0. The maximum Gasteiger partial charge on any atom is 0.271 e. The Kier molecular flexibility index (Phi) is 6.56. The lowest BCUT2D eigenvalue weighted by Crippen LogP contribution is -2.43. The van der Waals surface area contributed by atoms with Gasteiger partial charge in [-0.3, -0.25) is 9.59 Å². The number of primary amides is 1. The number of nitrogens with zero attached hydrogens (tertiary/aromatic N) is 2. The van der Waals surface area contributed by atoms with Crippen LogP contribution in [-0.4, -0.2) is 54.3 Å². The highest BCUT2D eigenvalue weighted by Crippen LogP contribution is 2.27. The summed E-state index contributed by atoms with van der Waals surface area (Å²) in [5.74, 6) is -1.42. The van der Waals surface area contributed by atoms with Crippen LogP contribution in [0.3, 0.4) is 0 Å². The smallest absolute Gasteiger partial charge is 0.271 e. The normalized spacial score (nSPS) is 21.2. The van der Waals surface area contributed by atoms with E-state index in [-0.39, 0.29) is 34.8 Å². The lowest BCUT2D eigenvalue weighted by Gasteiger charge is -2.30. The van der Waals surface area contributed by atoms with Gasteiger partial charge in [-0.05, 0) is 25.0 Å². The van der Waals surface area contributed by atoms with Gasteiger partial charge in [-0.2, -0.15) is 0 Å². The van der Waals surface area contributed by atoms with Crippen molar-refractivity contribution >= 4 is 28.9 Å². The van der Waals surface area contributed by atoms with Crippen LogP contribution in [0.1, 0.15) is 36.0 Å². The molecule has 1 amide bonds. The first-order valence-electron chi connectivity index (χ1n) is 10.8. The minimum Gasteiger partial charge on any atom is -0.378 e. The number of aromatic amines is 1. The molecule has 7 N–H and O–H groups in total. The van der Waals surface area contributed by atoms with E-state index in [4.69, 9.17) is 16.2 Å². The summed E-state index contributed by atoms with van der Waals surface area (Å²) in [7, 11) is 0. The number of halogens is 1. The molecule has 32 heavy (non-hydrogen) atoms. The topological polar surface area (TPSA) is 151 Å². The van der Waals surface area contributed by atoms with E-state index in [1.54, 1.807) is 6.07 Å². The van der Waals surface area contributed by atoms with Crippen LogP contribution in [0.2, 0.25) is 0 Å². The number of ether oxygens (including phenoxy) is 1.